The van der Waals surface area contributed by atoms with Gasteiger partial charge in [0, 0.05) is 19.3 Å². The average molecular weight is 268 g/mol. The summed E-state index contributed by atoms with van der Waals surface area (Å²) in [6.45, 7) is 8.60. The molecule has 0 saturated heterocycles. The number of rotatable bonds is 7. The van der Waals surface area contributed by atoms with Crippen LogP contribution in [0.2, 0.25) is 0 Å². The van der Waals surface area contributed by atoms with Crippen molar-refractivity contribution in [3.63, 3.8) is 0 Å². The quantitative estimate of drug-likeness (QED) is 0.713. The second-order valence-corrected chi connectivity index (χ2v) is 5.39. The Balaban J connectivity index is 2.64. The maximum absolute atomic E-state index is 12.0. The Bertz CT molecular complexity index is 399. The van der Waals surface area contributed by atoms with E-state index in [2.05, 4.69) is 18.9 Å². The molecule has 0 aromatic carbocycles. The van der Waals surface area contributed by atoms with Gasteiger partial charge in [0.25, 0.3) is 0 Å². The molecule has 0 aliphatic carbocycles. The fourth-order valence-electron chi connectivity index (χ4n) is 1.81. The Morgan fingerprint density at radius 1 is 1.37 bits per heavy atom. The molecule has 0 bridgehead atoms. The number of carbonyl (C=O) groups is 1. The number of nitrogens with zero attached hydrogens (tertiary/aromatic N) is 2. The summed E-state index contributed by atoms with van der Waals surface area (Å²) in [5, 5.41) is 4.20. The third kappa shape index (κ3) is 5.03. The summed E-state index contributed by atoms with van der Waals surface area (Å²) in [7, 11) is 1.61. The fourth-order valence-corrected chi connectivity index (χ4v) is 1.81. The number of hydrogen-bond donors (Lipinski definition) is 0. The summed E-state index contributed by atoms with van der Waals surface area (Å²) in [5.41, 5.74) is 0.346. The highest BCUT2D eigenvalue weighted by Gasteiger charge is 2.19. The van der Waals surface area contributed by atoms with E-state index in [1.54, 1.807) is 24.1 Å². The molecule has 1 unspecified atom stereocenters. The smallest absolute Gasteiger partial charge is 0.359 e. The van der Waals surface area contributed by atoms with Gasteiger partial charge in [-0.1, -0.05) is 13.8 Å². The van der Waals surface area contributed by atoms with E-state index >= 15 is 0 Å². The SMILES string of the molecule is COCC(CC(C)C)OC(=O)c1ccn(C(C)C)n1. The molecule has 0 N–H and O–H groups in total. The minimum Gasteiger partial charge on any atom is -0.455 e. The zero-order chi connectivity index (χ0) is 14.4. The third-order valence-electron chi connectivity index (χ3n) is 2.71. The van der Waals surface area contributed by atoms with Gasteiger partial charge in [-0.2, -0.15) is 5.10 Å². The van der Waals surface area contributed by atoms with Crippen molar-refractivity contribution < 1.29 is 14.3 Å². The molecule has 0 fully saturated rings. The lowest BCUT2D eigenvalue weighted by Crippen LogP contribution is -2.25. The van der Waals surface area contributed by atoms with Crippen LogP contribution in [0.15, 0.2) is 12.3 Å². The van der Waals surface area contributed by atoms with Gasteiger partial charge in [-0.3, -0.25) is 4.68 Å². The predicted molar refractivity (Wildman–Crippen MR) is 73.1 cm³/mol. The Morgan fingerprint density at radius 3 is 2.53 bits per heavy atom. The Kier molecular flexibility index (Phi) is 6.02. The van der Waals surface area contributed by atoms with Crippen molar-refractivity contribution in [3.05, 3.63) is 18.0 Å². The van der Waals surface area contributed by atoms with Crippen LogP contribution in [0.25, 0.3) is 0 Å². The van der Waals surface area contributed by atoms with Gasteiger partial charge in [0.15, 0.2) is 5.69 Å². The average Bonchev–Trinajstić information content (AvgIpc) is 2.77. The van der Waals surface area contributed by atoms with Gasteiger partial charge < -0.3 is 9.47 Å². The molecule has 0 radical (unpaired) electrons. The van der Waals surface area contributed by atoms with Crippen LogP contribution in [0.3, 0.4) is 0 Å². The largest absolute Gasteiger partial charge is 0.455 e. The normalized spacial score (nSPS) is 13.0. The van der Waals surface area contributed by atoms with Gasteiger partial charge in [0.05, 0.1) is 6.61 Å². The molecule has 5 nitrogen and oxygen atoms in total. The van der Waals surface area contributed by atoms with E-state index in [0.717, 1.165) is 6.42 Å². The van der Waals surface area contributed by atoms with E-state index < -0.39 is 0 Å². The highest BCUT2D eigenvalue weighted by atomic mass is 16.6. The maximum Gasteiger partial charge on any atom is 0.359 e. The number of carbonyl (C=O) groups excluding carboxylic acids is 1. The second kappa shape index (κ2) is 7.28. The van der Waals surface area contributed by atoms with Crippen LogP contribution in [0.4, 0.5) is 0 Å². The molecule has 1 heterocycles. The van der Waals surface area contributed by atoms with Crippen molar-refractivity contribution in [2.24, 2.45) is 5.92 Å². The van der Waals surface area contributed by atoms with Crippen molar-refractivity contribution in [2.75, 3.05) is 13.7 Å². The molecule has 1 aromatic heterocycles. The van der Waals surface area contributed by atoms with Crippen LogP contribution in [0.5, 0.6) is 0 Å². The molecule has 1 aromatic rings. The Morgan fingerprint density at radius 2 is 2.05 bits per heavy atom. The first-order valence-electron chi connectivity index (χ1n) is 6.69. The first-order valence-corrected chi connectivity index (χ1v) is 6.69. The van der Waals surface area contributed by atoms with Gasteiger partial charge in [-0.15, -0.1) is 0 Å². The molecule has 5 heteroatoms. The fraction of sp³-hybridized carbons (Fsp3) is 0.714. The highest BCUT2D eigenvalue weighted by Crippen LogP contribution is 2.12. The van der Waals surface area contributed by atoms with Gasteiger partial charge in [-0.25, -0.2) is 4.79 Å². The number of esters is 1. The Labute approximate surface area is 114 Å². The summed E-state index contributed by atoms with van der Waals surface area (Å²) in [6, 6.07) is 1.91. The molecular formula is C14H24N2O3. The topological polar surface area (TPSA) is 53.4 Å². The summed E-state index contributed by atoms with van der Waals surface area (Å²) >= 11 is 0. The Hall–Kier alpha value is -1.36. The molecule has 0 amide bonds. The molecule has 1 rings (SSSR count). The van der Waals surface area contributed by atoms with E-state index in [1.165, 1.54) is 0 Å². The zero-order valence-corrected chi connectivity index (χ0v) is 12.4. The van der Waals surface area contributed by atoms with Crippen LogP contribution < -0.4 is 0 Å². The van der Waals surface area contributed by atoms with Crippen LogP contribution in [-0.2, 0) is 9.47 Å². The minimum atomic E-state index is -0.387. The summed E-state index contributed by atoms with van der Waals surface area (Å²) < 4.78 is 12.3. The lowest BCUT2D eigenvalue weighted by Gasteiger charge is -2.18. The van der Waals surface area contributed by atoms with Gasteiger partial charge >= 0.3 is 5.97 Å². The summed E-state index contributed by atoms with van der Waals surface area (Å²) in [6.07, 6.45) is 2.35. The van der Waals surface area contributed by atoms with Crippen LogP contribution >= 0.6 is 0 Å². The molecule has 0 saturated carbocycles. The first-order chi connectivity index (χ1) is 8.93. The van der Waals surface area contributed by atoms with Crippen molar-refractivity contribution >= 4 is 5.97 Å². The van der Waals surface area contributed by atoms with Crippen molar-refractivity contribution in [1.82, 2.24) is 9.78 Å². The minimum absolute atomic E-state index is 0.221. The maximum atomic E-state index is 12.0. The third-order valence-corrected chi connectivity index (χ3v) is 2.71. The van der Waals surface area contributed by atoms with E-state index in [9.17, 15) is 4.79 Å². The molecule has 0 aliphatic heterocycles. The number of ether oxygens (including phenoxy) is 2. The number of methoxy groups -OCH3 is 1. The van der Waals surface area contributed by atoms with E-state index in [-0.39, 0.29) is 18.1 Å². The van der Waals surface area contributed by atoms with Crippen LogP contribution in [0, 0.1) is 5.92 Å². The van der Waals surface area contributed by atoms with Crippen molar-refractivity contribution in [3.8, 4) is 0 Å². The van der Waals surface area contributed by atoms with Gasteiger partial charge in [0.2, 0.25) is 0 Å². The monoisotopic (exact) mass is 268 g/mol. The van der Waals surface area contributed by atoms with E-state index in [1.807, 2.05) is 13.8 Å². The highest BCUT2D eigenvalue weighted by molar-refractivity contribution is 5.87. The molecule has 0 aliphatic rings. The van der Waals surface area contributed by atoms with Crippen molar-refractivity contribution in [2.45, 2.75) is 46.3 Å². The van der Waals surface area contributed by atoms with Crippen LogP contribution in [0.1, 0.15) is 50.6 Å². The second-order valence-electron chi connectivity index (χ2n) is 5.39. The lowest BCUT2D eigenvalue weighted by molar-refractivity contribution is -0.00130. The summed E-state index contributed by atoms with van der Waals surface area (Å²) in [4.78, 5) is 12.0. The zero-order valence-electron chi connectivity index (χ0n) is 12.4. The predicted octanol–water partition coefficient (Wildman–Crippen LogP) is 2.68. The molecule has 1 atom stereocenters. The standard InChI is InChI=1S/C14H24N2O3/c1-10(2)8-12(9-18-5)19-14(17)13-6-7-16(15-13)11(3)4/h6-7,10-12H,8-9H2,1-5H3. The van der Waals surface area contributed by atoms with Crippen LogP contribution in [-0.4, -0.2) is 35.6 Å². The first kappa shape index (κ1) is 15.7. The molecule has 19 heavy (non-hydrogen) atoms. The number of hydrogen-bond acceptors (Lipinski definition) is 4. The molecular weight excluding hydrogens is 244 g/mol. The lowest BCUT2D eigenvalue weighted by atomic mass is 10.1. The molecule has 108 valence electrons. The van der Waals surface area contributed by atoms with Crippen molar-refractivity contribution in [1.29, 1.82) is 0 Å². The van der Waals surface area contributed by atoms with E-state index in [0.29, 0.717) is 18.2 Å². The summed E-state index contributed by atoms with van der Waals surface area (Å²) in [5.74, 6) is 0.0586. The van der Waals surface area contributed by atoms with E-state index in [4.69, 9.17) is 9.47 Å². The molecule has 0 spiro atoms. The van der Waals surface area contributed by atoms with Gasteiger partial charge in [-0.05, 0) is 32.3 Å². The number of aromatic nitrogens is 2. The van der Waals surface area contributed by atoms with Gasteiger partial charge in [0.1, 0.15) is 6.10 Å².